The number of ether oxygens (including phenoxy) is 1. The van der Waals surface area contributed by atoms with Crippen molar-refractivity contribution < 1.29 is 19.4 Å². The summed E-state index contributed by atoms with van der Waals surface area (Å²) in [5.74, 6) is -0.999. The summed E-state index contributed by atoms with van der Waals surface area (Å²) in [4.78, 5) is 22.6. The highest BCUT2D eigenvalue weighted by atomic mass is 16.5. The van der Waals surface area contributed by atoms with Crippen molar-refractivity contribution in [1.29, 1.82) is 0 Å². The molecule has 0 radical (unpaired) electrons. The number of amides is 1. The molecule has 0 aromatic rings. The summed E-state index contributed by atoms with van der Waals surface area (Å²) in [6.07, 6.45) is 2.90. The standard InChI is InChI=1S/C12H21NO4/c1-11(2,17-3)10(16)13-8-12(5-4-6-12)7-9(14)15/h4-8H2,1-3H3,(H,13,16)(H,14,15). The first kappa shape index (κ1) is 14.0. The van der Waals surface area contributed by atoms with Crippen LogP contribution in [0.4, 0.5) is 0 Å². The monoisotopic (exact) mass is 243 g/mol. The Balaban J connectivity index is 2.49. The van der Waals surface area contributed by atoms with Crippen LogP contribution in [0.2, 0.25) is 0 Å². The van der Waals surface area contributed by atoms with Gasteiger partial charge in [-0.05, 0) is 32.1 Å². The van der Waals surface area contributed by atoms with Crippen molar-refractivity contribution in [2.45, 2.75) is 45.1 Å². The van der Waals surface area contributed by atoms with E-state index in [-0.39, 0.29) is 17.7 Å². The van der Waals surface area contributed by atoms with Crippen LogP contribution in [0.3, 0.4) is 0 Å². The zero-order valence-corrected chi connectivity index (χ0v) is 10.7. The summed E-state index contributed by atoms with van der Waals surface area (Å²) in [5, 5.41) is 11.6. The number of carboxylic acids is 1. The molecule has 0 aromatic carbocycles. The SMILES string of the molecule is COC(C)(C)C(=O)NCC1(CC(=O)O)CCC1. The van der Waals surface area contributed by atoms with Crippen LogP contribution in [0.15, 0.2) is 0 Å². The van der Waals surface area contributed by atoms with Crippen LogP contribution in [0.5, 0.6) is 0 Å². The smallest absolute Gasteiger partial charge is 0.303 e. The van der Waals surface area contributed by atoms with Crippen LogP contribution in [0, 0.1) is 5.41 Å². The third kappa shape index (κ3) is 3.43. The molecule has 0 heterocycles. The normalized spacial score (nSPS) is 18.3. The van der Waals surface area contributed by atoms with Crippen LogP contribution in [0.1, 0.15) is 39.5 Å². The Labute approximate surface area is 102 Å². The Morgan fingerprint density at radius 1 is 1.41 bits per heavy atom. The molecule has 0 aromatic heterocycles. The fourth-order valence-corrected chi connectivity index (χ4v) is 1.99. The number of methoxy groups -OCH3 is 1. The number of nitrogens with one attached hydrogen (secondary N) is 1. The molecule has 1 aliphatic carbocycles. The molecule has 0 unspecified atom stereocenters. The Kier molecular flexibility index (Phi) is 4.14. The number of carbonyl (C=O) groups excluding carboxylic acids is 1. The zero-order chi connectivity index (χ0) is 13.1. The van der Waals surface area contributed by atoms with E-state index in [2.05, 4.69) is 5.32 Å². The Morgan fingerprint density at radius 3 is 2.35 bits per heavy atom. The van der Waals surface area contributed by atoms with Crippen molar-refractivity contribution in [2.24, 2.45) is 5.41 Å². The molecule has 0 aliphatic heterocycles. The first-order valence-corrected chi connectivity index (χ1v) is 5.87. The third-order valence-corrected chi connectivity index (χ3v) is 3.62. The van der Waals surface area contributed by atoms with Gasteiger partial charge in [-0.15, -0.1) is 0 Å². The van der Waals surface area contributed by atoms with Gasteiger partial charge in [-0.1, -0.05) is 6.42 Å². The third-order valence-electron chi connectivity index (χ3n) is 3.62. The van der Waals surface area contributed by atoms with E-state index in [4.69, 9.17) is 9.84 Å². The van der Waals surface area contributed by atoms with Crippen molar-refractivity contribution in [1.82, 2.24) is 5.32 Å². The second kappa shape index (κ2) is 5.04. The van der Waals surface area contributed by atoms with Crippen molar-refractivity contribution >= 4 is 11.9 Å². The Hall–Kier alpha value is -1.10. The molecule has 0 saturated heterocycles. The maximum Gasteiger partial charge on any atom is 0.303 e. The number of carboxylic acid groups (broad SMARTS) is 1. The maximum absolute atomic E-state index is 11.8. The summed E-state index contributed by atoms with van der Waals surface area (Å²) in [5.41, 5.74) is -1.11. The van der Waals surface area contributed by atoms with Crippen molar-refractivity contribution in [3.05, 3.63) is 0 Å². The van der Waals surface area contributed by atoms with E-state index < -0.39 is 11.6 Å². The average Bonchev–Trinajstić information content (AvgIpc) is 2.20. The minimum Gasteiger partial charge on any atom is -0.481 e. The predicted molar refractivity (Wildman–Crippen MR) is 62.6 cm³/mol. The fraction of sp³-hybridized carbons (Fsp3) is 0.833. The number of hydrogen-bond donors (Lipinski definition) is 2. The molecule has 1 rings (SSSR count). The minimum atomic E-state index is -0.867. The molecule has 0 atom stereocenters. The molecule has 0 bridgehead atoms. The largest absolute Gasteiger partial charge is 0.481 e. The number of rotatable bonds is 6. The van der Waals surface area contributed by atoms with E-state index in [1.807, 2.05) is 0 Å². The maximum atomic E-state index is 11.8. The van der Waals surface area contributed by atoms with Gasteiger partial charge in [-0.3, -0.25) is 9.59 Å². The minimum absolute atomic E-state index is 0.126. The summed E-state index contributed by atoms with van der Waals surface area (Å²) < 4.78 is 5.07. The zero-order valence-electron chi connectivity index (χ0n) is 10.7. The van der Waals surface area contributed by atoms with Crippen molar-refractivity contribution in [2.75, 3.05) is 13.7 Å². The summed E-state index contributed by atoms with van der Waals surface area (Å²) >= 11 is 0. The van der Waals surface area contributed by atoms with E-state index in [1.54, 1.807) is 13.8 Å². The predicted octanol–water partition coefficient (Wildman–Crippen LogP) is 1.17. The Morgan fingerprint density at radius 2 is 2.00 bits per heavy atom. The lowest BCUT2D eigenvalue weighted by atomic mass is 9.66. The molecule has 1 aliphatic rings. The van der Waals surface area contributed by atoms with Gasteiger partial charge < -0.3 is 15.2 Å². The van der Waals surface area contributed by atoms with Crippen LogP contribution >= 0.6 is 0 Å². The average molecular weight is 243 g/mol. The summed E-state index contributed by atoms with van der Waals surface area (Å²) in [6.45, 7) is 3.80. The molecule has 0 spiro atoms. The van der Waals surface area contributed by atoms with Gasteiger partial charge in [0.05, 0.1) is 6.42 Å². The van der Waals surface area contributed by atoms with Crippen LogP contribution in [-0.4, -0.2) is 36.2 Å². The molecule has 1 saturated carbocycles. The highest BCUT2D eigenvalue weighted by molar-refractivity contribution is 5.84. The lowest BCUT2D eigenvalue weighted by Gasteiger charge is -2.41. The molecule has 2 N–H and O–H groups in total. The van der Waals surface area contributed by atoms with Gasteiger partial charge in [-0.2, -0.15) is 0 Å². The molecule has 98 valence electrons. The van der Waals surface area contributed by atoms with Crippen LogP contribution < -0.4 is 5.32 Å². The highest BCUT2D eigenvalue weighted by Gasteiger charge is 2.40. The van der Waals surface area contributed by atoms with Crippen LogP contribution in [-0.2, 0) is 14.3 Å². The molecule has 5 nitrogen and oxygen atoms in total. The second-order valence-electron chi connectivity index (χ2n) is 5.32. The molecule has 1 fully saturated rings. The summed E-state index contributed by atoms with van der Waals surface area (Å²) in [6, 6.07) is 0. The van der Waals surface area contributed by atoms with E-state index in [1.165, 1.54) is 7.11 Å². The van der Waals surface area contributed by atoms with Crippen molar-refractivity contribution in [3.63, 3.8) is 0 Å². The molecule has 1 amide bonds. The van der Waals surface area contributed by atoms with Crippen LogP contribution in [0.25, 0.3) is 0 Å². The van der Waals surface area contributed by atoms with E-state index in [9.17, 15) is 9.59 Å². The topological polar surface area (TPSA) is 75.6 Å². The first-order chi connectivity index (χ1) is 7.81. The second-order valence-corrected chi connectivity index (χ2v) is 5.32. The van der Waals surface area contributed by atoms with Gasteiger partial charge in [0, 0.05) is 13.7 Å². The van der Waals surface area contributed by atoms with Crippen molar-refractivity contribution in [3.8, 4) is 0 Å². The lowest BCUT2D eigenvalue weighted by Crippen LogP contribution is -2.49. The van der Waals surface area contributed by atoms with Gasteiger partial charge in [0.15, 0.2) is 0 Å². The van der Waals surface area contributed by atoms with Gasteiger partial charge >= 0.3 is 5.97 Å². The van der Waals surface area contributed by atoms with Gasteiger partial charge in [0.25, 0.3) is 5.91 Å². The van der Waals surface area contributed by atoms with E-state index in [0.29, 0.717) is 6.54 Å². The molecular formula is C12H21NO4. The number of aliphatic carboxylic acids is 1. The quantitative estimate of drug-likeness (QED) is 0.734. The Bertz CT molecular complexity index is 308. The van der Waals surface area contributed by atoms with E-state index in [0.717, 1.165) is 19.3 Å². The molecular weight excluding hydrogens is 222 g/mol. The molecule has 5 heteroatoms. The van der Waals surface area contributed by atoms with E-state index >= 15 is 0 Å². The number of carbonyl (C=O) groups is 2. The lowest BCUT2D eigenvalue weighted by molar-refractivity contribution is -0.144. The van der Waals surface area contributed by atoms with Gasteiger partial charge in [0.2, 0.25) is 0 Å². The number of hydrogen-bond acceptors (Lipinski definition) is 3. The first-order valence-electron chi connectivity index (χ1n) is 5.87. The van der Waals surface area contributed by atoms with Gasteiger partial charge in [-0.25, -0.2) is 0 Å². The van der Waals surface area contributed by atoms with Gasteiger partial charge in [0.1, 0.15) is 5.60 Å². The molecule has 17 heavy (non-hydrogen) atoms. The highest BCUT2D eigenvalue weighted by Crippen LogP contribution is 2.43. The fourth-order valence-electron chi connectivity index (χ4n) is 1.99. The summed E-state index contributed by atoms with van der Waals surface area (Å²) in [7, 11) is 1.48.